The highest BCUT2D eigenvalue weighted by atomic mass is 32.2. The molecule has 0 aliphatic carbocycles. The van der Waals surface area contributed by atoms with Crippen molar-refractivity contribution in [1.82, 2.24) is 9.42 Å². The lowest BCUT2D eigenvalue weighted by Gasteiger charge is -2.41. The number of carboxylic acid groups (broad SMARTS) is 1. The maximum atomic E-state index is 11.2. The highest BCUT2D eigenvalue weighted by Gasteiger charge is 2.37. The molecule has 0 aromatic rings. The Balaban J connectivity index is 2.79. The number of nitrogens with zero attached hydrogens (tertiary/aromatic N) is 2. The molecular weight excluding hydrogens is 246 g/mol. The van der Waals surface area contributed by atoms with Gasteiger partial charge in [0.25, 0.3) is 0 Å². The molecule has 0 aromatic heterocycles. The van der Waals surface area contributed by atoms with Crippen molar-refractivity contribution >= 4 is 17.2 Å². The zero-order valence-electron chi connectivity index (χ0n) is 9.96. The predicted molar refractivity (Wildman–Crippen MR) is 61.3 cm³/mol. The average Bonchev–Trinajstić information content (AvgIpc) is 2.53. The fourth-order valence-electron chi connectivity index (χ4n) is 1.99. The van der Waals surface area contributed by atoms with Gasteiger partial charge < -0.3 is 15.4 Å². The van der Waals surface area contributed by atoms with Crippen LogP contribution in [0.2, 0.25) is 0 Å². The molecule has 2 unspecified atom stereocenters. The summed E-state index contributed by atoms with van der Waals surface area (Å²) in [6.45, 7) is 4.19. The number of carboxylic acids is 1. The molecule has 1 aliphatic rings. The van der Waals surface area contributed by atoms with Crippen molar-refractivity contribution in [3.63, 3.8) is 0 Å². The molecule has 1 heterocycles. The summed E-state index contributed by atoms with van der Waals surface area (Å²) in [5.41, 5.74) is 5.08. The normalized spacial score (nSPS) is 23.8. The monoisotopic (exact) mass is 264 g/mol. The van der Waals surface area contributed by atoms with Gasteiger partial charge in [-0.2, -0.15) is 4.41 Å². The minimum Gasteiger partial charge on any atom is -0.759 e. The van der Waals surface area contributed by atoms with Crippen LogP contribution >= 0.6 is 0 Å². The van der Waals surface area contributed by atoms with Crippen molar-refractivity contribution in [2.45, 2.75) is 38.3 Å². The fraction of sp³-hybridized carbons (Fsp3) is 0.889. The molecule has 7 nitrogen and oxygen atoms in total. The second kappa shape index (κ2) is 5.40. The molecule has 0 bridgehead atoms. The SMILES string of the molecule is CC1(C)CCCN1N(CC(N)C(=O)O)S(=O)[O-]. The minimum atomic E-state index is -2.51. The summed E-state index contributed by atoms with van der Waals surface area (Å²) in [6.07, 6.45) is 1.74. The highest BCUT2D eigenvalue weighted by molar-refractivity contribution is 7.76. The van der Waals surface area contributed by atoms with Crippen LogP contribution in [-0.2, 0) is 16.1 Å². The van der Waals surface area contributed by atoms with Crippen molar-refractivity contribution in [2.75, 3.05) is 13.1 Å². The van der Waals surface area contributed by atoms with Crippen LogP contribution in [0.5, 0.6) is 0 Å². The van der Waals surface area contributed by atoms with E-state index in [9.17, 15) is 13.6 Å². The molecular formula is C9H18N3O4S-. The van der Waals surface area contributed by atoms with Crippen LogP contribution in [0.25, 0.3) is 0 Å². The van der Waals surface area contributed by atoms with Gasteiger partial charge in [-0.1, -0.05) is 0 Å². The number of carbonyl (C=O) groups is 1. The van der Waals surface area contributed by atoms with Crippen LogP contribution in [0.4, 0.5) is 0 Å². The van der Waals surface area contributed by atoms with Crippen LogP contribution in [0.15, 0.2) is 0 Å². The Morgan fingerprint density at radius 2 is 2.29 bits per heavy atom. The molecule has 0 aromatic carbocycles. The van der Waals surface area contributed by atoms with Gasteiger partial charge in [-0.15, -0.1) is 0 Å². The van der Waals surface area contributed by atoms with Gasteiger partial charge >= 0.3 is 5.97 Å². The molecule has 1 aliphatic heterocycles. The number of hydrogen-bond acceptors (Lipinski definition) is 5. The van der Waals surface area contributed by atoms with Gasteiger partial charge in [0.15, 0.2) is 0 Å². The Morgan fingerprint density at radius 1 is 1.71 bits per heavy atom. The molecule has 3 N–H and O–H groups in total. The second-order valence-corrected chi connectivity index (χ2v) is 5.59. The maximum absolute atomic E-state index is 11.2. The first kappa shape index (κ1) is 14.5. The van der Waals surface area contributed by atoms with E-state index >= 15 is 0 Å². The Bertz CT molecular complexity index is 323. The van der Waals surface area contributed by atoms with Gasteiger partial charge in [-0.3, -0.25) is 9.00 Å². The predicted octanol–water partition coefficient (Wildman–Crippen LogP) is -0.716. The zero-order valence-corrected chi connectivity index (χ0v) is 10.8. The summed E-state index contributed by atoms with van der Waals surface area (Å²) in [5, 5.41) is 10.4. The first-order valence-electron chi connectivity index (χ1n) is 5.38. The summed E-state index contributed by atoms with van der Waals surface area (Å²) in [6, 6.07) is -1.22. The first-order valence-corrected chi connectivity index (χ1v) is 6.42. The molecule has 2 atom stereocenters. The van der Waals surface area contributed by atoms with E-state index in [1.165, 1.54) is 0 Å². The Kier molecular flexibility index (Phi) is 4.62. The van der Waals surface area contributed by atoms with Crippen molar-refractivity contribution in [3.8, 4) is 0 Å². The molecule has 0 spiro atoms. The third-order valence-corrected chi connectivity index (χ3v) is 3.66. The highest BCUT2D eigenvalue weighted by Crippen LogP contribution is 2.30. The quantitative estimate of drug-likeness (QED) is 0.634. The van der Waals surface area contributed by atoms with Gasteiger partial charge in [-0.25, -0.2) is 5.01 Å². The molecule has 0 saturated carbocycles. The summed E-state index contributed by atoms with van der Waals surface area (Å²) in [4.78, 5) is 10.7. The number of nitrogens with two attached hydrogens (primary N) is 1. The lowest BCUT2D eigenvalue weighted by Crippen LogP contribution is -2.55. The Morgan fingerprint density at radius 3 is 2.65 bits per heavy atom. The van der Waals surface area contributed by atoms with Crippen molar-refractivity contribution < 1.29 is 18.7 Å². The standard InChI is InChI=1S/C9H19N3O4S/c1-9(2)4-3-5-11(9)12(17(15)16)6-7(10)8(13)14/h7H,3-6,10H2,1-2H3,(H,13,14)(H,15,16)/p-1. The van der Waals surface area contributed by atoms with E-state index in [4.69, 9.17) is 10.8 Å². The van der Waals surface area contributed by atoms with E-state index in [0.717, 1.165) is 17.3 Å². The fourth-order valence-corrected chi connectivity index (χ4v) is 2.74. The number of hydrazine groups is 1. The van der Waals surface area contributed by atoms with Gasteiger partial charge in [0, 0.05) is 23.4 Å². The third-order valence-electron chi connectivity index (χ3n) is 2.97. The summed E-state index contributed by atoms with van der Waals surface area (Å²) >= 11 is -2.51. The number of rotatable bonds is 5. The van der Waals surface area contributed by atoms with Gasteiger partial charge in [0.05, 0.1) is 6.54 Å². The molecule has 8 heteroatoms. The molecule has 1 fully saturated rings. The van der Waals surface area contributed by atoms with E-state index in [1.807, 2.05) is 13.8 Å². The molecule has 0 amide bonds. The minimum absolute atomic E-state index is 0.241. The summed E-state index contributed by atoms with van der Waals surface area (Å²) in [5.74, 6) is -1.21. The lowest BCUT2D eigenvalue weighted by atomic mass is 10.0. The van der Waals surface area contributed by atoms with E-state index in [-0.39, 0.29) is 12.1 Å². The topological polar surface area (TPSA) is 110 Å². The molecule has 1 rings (SSSR count). The molecule has 100 valence electrons. The second-order valence-electron chi connectivity index (χ2n) is 4.74. The number of hydrogen-bond donors (Lipinski definition) is 2. The number of aliphatic carboxylic acids is 1. The largest absolute Gasteiger partial charge is 0.759 e. The lowest BCUT2D eigenvalue weighted by molar-refractivity contribution is -0.139. The van der Waals surface area contributed by atoms with Crippen molar-refractivity contribution in [3.05, 3.63) is 0 Å². The van der Waals surface area contributed by atoms with Gasteiger partial charge in [0.1, 0.15) is 6.04 Å². The summed E-state index contributed by atoms with van der Waals surface area (Å²) in [7, 11) is 0. The van der Waals surface area contributed by atoms with Crippen LogP contribution < -0.4 is 5.73 Å². The van der Waals surface area contributed by atoms with E-state index in [1.54, 1.807) is 5.01 Å². The van der Waals surface area contributed by atoms with Crippen molar-refractivity contribution in [1.29, 1.82) is 0 Å². The van der Waals surface area contributed by atoms with Crippen LogP contribution in [0.3, 0.4) is 0 Å². The van der Waals surface area contributed by atoms with Crippen LogP contribution in [-0.4, -0.2) is 53.9 Å². The smallest absolute Gasteiger partial charge is 0.321 e. The zero-order chi connectivity index (χ0) is 13.2. The molecule has 17 heavy (non-hydrogen) atoms. The van der Waals surface area contributed by atoms with Gasteiger partial charge in [0.2, 0.25) is 0 Å². The van der Waals surface area contributed by atoms with E-state index in [2.05, 4.69) is 0 Å². The van der Waals surface area contributed by atoms with Crippen molar-refractivity contribution in [2.24, 2.45) is 5.73 Å². The van der Waals surface area contributed by atoms with E-state index in [0.29, 0.717) is 6.54 Å². The third kappa shape index (κ3) is 3.46. The summed E-state index contributed by atoms with van der Waals surface area (Å²) < 4.78 is 23.4. The maximum Gasteiger partial charge on any atom is 0.321 e. The first-order chi connectivity index (χ1) is 7.75. The Hall–Kier alpha value is -0.540. The van der Waals surface area contributed by atoms with E-state index < -0.39 is 23.3 Å². The molecule has 0 radical (unpaired) electrons. The average molecular weight is 264 g/mol. The van der Waals surface area contributed by atoms with Gasteiger partial charge in [-0.05, 0) is 26.7 Å². The molecule has 1 saturated heterocycles. The van der Waals surface area contributed by atoms with Crippen LogP contribution in [0, 0.1) is 0 Å². The Labute approximate surface area is 103 Å². The van der Waals surface area contributed by atoms with Crippen LogP contribution in [0.1, 0.15) is 26.7 Å².